The molecule has 1 aliphatic heterocycles. The highest BCUT2D eigenvalue weighted by Crippen LogP contribution is 2.20. The zero-order chi connectivity index (χ0) is 14.0. The Hall–Kier alpha value is -1.07. The van der Waals surface area contributed by atoms with Gasteiger partial charge in [0.25, 0.3) is 0 Å². The number of aromatic nitrogens is 2. The molecule has 2 rings (SSSR count). The number of carbonyl (C=O) groups is 1. The summed E-state index contributed by atoms with van der Waals surface area (Å²) < 4.78 is 1.66. The van der Waals surface area contributed by atoms with Gasteiger partial charge in [0.1, 0.15) is 6.54 Å². The molecular formula is C13H20ClN3O2. The Kier molecular flexibility index (Phi) is 4.47. The predicted molar refractivity (Wildman–Crippen MR) is 73.1 cm³/mol. The SMILES string of the molecule is Cc1nn(CC(=O)N2CCC(CO)CC2)c(C)c1Cl. The van der Waals surface area contributed by atoms with Crippen LogP contribution in [-0.2, 0) is 11.3 Å². The number of hydrogen-bond donors (Lipinski definition) is 1. The van der Waals surface area contributed by atoms with Crippen molar-refractivity contribution in [2.75, 3.05) is 19.7 Å². The summed E-state index contributed by atoms with van der Waals surface area (Å²) in [5, 5.41) is 14.0. The Morgan fingerprint density at radius 2 is 2.05 bits per heavy atom. The quantitative estimate of drug-likeness (QED) is 0.913. The minimum Gasteiger partial charge on any atom is -0.396 e. The van der Waals surface area contributed by atoms with Crippen molar-refractivity contribution in [1.82, 2.24) is 14.7 Å². The average Bonchev–Trinajstić information content (AvgIpc) is 2.66. The Morgan fingerprint density at radius 1 is 1.42 bits per heavy atom. The lowest BCUT2D eigenvalue weighted by Crippen LogP contribution is -2.41. The number of rotatable bonds is 3. The molecule has 19 heavy (non-hydrogen) atoms. The zero-order valence-corrected chi connectivity index (χ0v) is 12.2. The van der Waals surface area contributed by atoms with Crippen LogP contribution in [0.4, 0.5) is 0 Å². The van der Waals surface area contributed by atoms with Crippen molar-refractivity contribution < 1.29 is 9.90 Å². The largest absolute Gasteiger partial charge is 0.396 e. The maximum Gasteiger partial charge on any atom is 0.244 e. The van der Waals surface area contributed by atoms with Crippen LogP contribution < -0.4 is 0 Å². The van der Waals surface area contributed by atoms with Crippen LogP contribution in [0.25, 0.3) is 0 Å². The number of likely N-dealkylation sites (tertiary alicyclic amines) is 1. The molecule has 0 aliphatic carbocycles. The van der Waals surface area contributed by atoms with Crippen molar-refractivity contribution in [3.63, 3.8) is 0 Å². The Labute approximate surface area is 118 Å². The van der Waals surface area contributed by atoms with E-state index in [4.69, 9.17) is 16.7 Å². The molecular weight excluding hydrogens is 266 g/mol. The molecule has 1 saturated heterocycles. The van der Waals surface area contributed by atoms with Crippen molar-refractivity contribution in [2.24, 2.45) is 5.92 Å². The molecule has 2 heterocycles. The van der Waals surface area contributed by atoms with E-state index in [1.807, 2.05) is 18.7 Å². The molecule has 0 spiro atoms. The number of halogens is 1. The van der Waals surface area contributed by atoms with E-state index in [1.165, 1.54) is 0 Å². The van der Waals surface area contributed by atoms with Crippen molar-refractivity contribution in [3.8, 4) is 0 Å². The molecule has 0 unspecified atom stereocenters. The maximum atomic E-state index is 12.2. The van der Waals surface area contributed by atoms with E-state index in [-0.39, 0.29) is 19.1 Å². The number of nitrogens with zero attached hydrogens (tertiary/aromatic N) is 3. The molecule has 1 aliphatic rings. The van der Waals surface area contributed by atoms with E-state index in [0.29, 0.717) is 10.9 Å². The number of aliphatic hydroxyl groups is 1. The second-order valence-corrected chi connectivity index (χ2v) is 5.53. The highest BCUT2D eigenvalue weighted by atomic mass is 35.5. The Balaban J connectivity index is 1.96. The van der Waals surface area contributed by atoms with Gasteiger partial charge in [0.05, 0.1) is 16.4 Å². The van der Waals surface area contributed by atoms with Crippen molar-refractivity contribution in [2.45, 2.75) is 33.2 Å². The van der Waals surface area contributed by atoms with E-state index in [1.54, 1.807) is 4.68 Å². The van der Waals surface area contributed by atoms with Crippen LogP contribution in [0.2, 0.25) is 5.02 Å². The van der Waals surface area contributed by atoms with E-state index in [0.717, 1.165) is 37.3 Å². The van der Waals surface area contributed by atoms with Crippen LogP contribution in [0.5, 0.6) is 0 Å². The summed E-state index contributed by atoms with van der Waals surface area (Å²) in [6, 6.07) is 0. The highest BCUT2D eigenvalue weighted by Gasteiger charge is 2.23. The van der Waals surface area contributed by atoms with E-state index in [2.05, 4.69) is 5.10 Å². The molecule has 106 valence electrons. The smallest absolute Gasteiger partial charge is 0.244 e. The van der Waals surface area contributed by atoms with E-state index in [9.17, 15) is 4.79 Å². The normalized spacial score (nSPS) is 16.9. The van der Waals surface area contributed by atoms with Gasteiger partial charge in [-0.15, -0.1) is 0 Å². The summed E-state index contributed by atoms with van der Waals surface area (Å²) in [5.74, 6) is 0.408. The number of carbonyl (C=O) groups excluding carboxylic acids is 1. The fraction of sp³-hybridized carbons (Fsp3) is 0.692. The van der Waals surface area contributed by atoms with Crippen LogP contribution in [-0.4, -0.2) is 45.4 Å². The molecule has 0 atom stereocenters. The van der Waals surface area contributed by atoms with Crippen molar-refractivity contribution in [3.05, 3.63) is 16.4 Å². The van der Waals surface area contributed by atoms with Gasteiger partial charge in [-0.2, -0.15) is 5.10 Å². The molecule has 0 saturated carbocycles. The van der Waals surface area contributed by atoms with Gasteiger partial charge in [-0.05, 0) is 32.6 Å². The minimum atomic E-state index is 0.0682. The fourth-order valence-corrected chi connectivity index (χ4v) is 2.56. The summed E-state index contributed by atoms with van der Waals surface area (Å²) in [7, 11) is 0. The lowest BCUT2D eigenvalue weighted by molar-refractivity contribution is -0.133. The van der Waals surface area contributed by atoms with Gasteiger partial charge in [-0.1, -0.05) is 11.6 Å². The average molecular weight is 286 g/mol. The van der Waals surface area contributed by atoms with Crippen LogP contribution in [0.3, 0.4) is 0 Å². The molecule has 6 heteroatoms. The van der Waals surface area contributed by atoms with Gasteiger partial charge in [0.15, 0.2) is 0 Å². The van der Waals surface area contributed by atoms with Gasteiger partial charge in [-0.25, -0.2) is 0 Å². The molecule has 0 radical (unpaired) electrons. The standard InChI is InChI=1S/C13H20ClN3O2/c1-9-13(14)10(2)17(15-9)7-12(19)16-5-3-11(8-18)4-6-16/h11,18H,3-8H2,1-2H3. The fourth-order valence-electron chi connectivity index (χ4n) is 2.42. The second kappa shape index (κ2) is 5.92. The molecule has 1 aromatic rings. The molecule has 1 N–H and O–H groups in total. The van der Waals surface area contributed by atoms with Gasteiger partial charge in [0, 0.05) is 19.7 Å². The van der Waals surface area contributed by atoms with Crippen molar-refractivity contribution >= 4 is 17.5 Å². The molecule has 5 nitrogen and oxygen atoms in total. The third-order valence-corrected chi connectivity index (χ3v) is 4.35. The van der Waals surface area contributed by atoms with Crippen LogP contribution in [0, 0.1) is 19.8 Å². The number of aryl methyl sites for hydroxylation is 1. The lowest BCUT2D eigenvalue weighted by Gasteiger charge is -2.31. The first-order chi connectivity index (χ1) is 9.02. The summed E-state index contributed by atoms with van der Waals surface area (Å²) in [6.07, 6.45) is 1.75. The van der Waals surface area contributed by atoms with Gasteiger partial charge >= 0.3 is 0 Å². The maximum absolute atomic E-state index is 12.2. The number of piperidine rings is 1. The summed E-state index contributed by atoms with van der Waals surface area (Å²) in [6.45, 7) is 5.60. The van der Waals surface area contributed by atoms with E-state index >= 15 is 0 Å². The molecule has 1 fully saturated rings. The Bertz CT molecular complexity index is 465. The van der Waals surface area contributed by atoms with Crippen LogP contribution >= 0.6 is 11.6 Å². The Morgan fingerprint density at radius 3 is 2.53 bits per heavy atom. The van der Waals surface area contributed by atoms with Crippen LogP contribution in [0.15, 0.2) is 0 Å². The molecule has 1 amide bonds. The first kappa shape index (κ1) is 14.3. The predicted octanol–water partition coefficient (Wildman–Crippen LogP) is 1.38. The third kappa shape index (κ3) is 3.09. The van der Waals surface area contributed by atoms with Gasteiger partial charge < -0.3 is 10.0 Å². The first-order valence-corrected chi connectivity index (χ1v) is 6.99. The summed E-state index contributed by atoms with van der Waals surface area (Å²) >= 11 is 6.07. The van der Waals surface area contributed by atoms with Gasteiger partial charge in [-0.3, -0.25) is 9.48 Å². The third-order valence-electron chi connectivity index (χ3n) is 3.80. The number of aliphatic hydroxyl groups excluding tert-OH is 1. The summed E-state index contributed by atoms with van der Waals surface area (Å²) in [4.78, 5) is 14.0. The van der Waals surface area contributed by atoms with Gasteiger partial charge in [0.2, 0.25) is 5.91 Å². The molecule has 1 aromatic heterocycles. The van der Waals surface area contributed by atoms with E-state index < -0.39 is 0 Å². The first-order valence-electron chi connectivity index (χ1n) is 6.61. The zero-order valence-electron chi connectivity index (χ0n) is 11.4. The lowest BCUT2D eigenvalue weighted by atomic mass is 9.98. The van der Waals surface area contributed by atoms with Crippen LogP contribution in [0.1, 0.15) is 24.2 Å². The molecule has 0 aromatic carbocycles. The second-order valence-electron chi connectivity index (χ2n) is 5.15. The number of hydrogen-bond acceptors (Lipinski definition) is 3. The molecule has 0 bridgehead atoms. The number of amides is 1. The topological polar surface area (TPSA) is 58.4 Å². The monoisotopic (exact) mass is 285 g/mol. The van der Waals surface area contributed by atoms with Crippen molar-refractivity contribution in [1.29, 1.82) is 0 Å². The highest BCUT2D eigenvalue weighted by molar-refractivity contribution is 6.31. The summed E-state index contributed by atoms with van der Waals surface area (Å²) in [5.41, 5.74) is 1.59. The minimum absolute atomic E-state index is 0.0682.